The summed E-state index contributed by atoms with van der Waals surface area (Å²) in [5, 5.41) is 0. The minimum atomic E-state index is -0.440. The summed E-state index contributed by atoms with van der Waals surface area (Å²) in [6, 6.07) is 4.03. The van der Waals surface area contributed by atoms with E-state index >= 15 is 0 Å². The molecule has 0 radical (unpaired) electrons. The van der Waals surface area contributed by atoms with E-state index in [9.17, 15) is 14.0 Å². The van der Waals surface area contributed by atoms with Crippen LogP contribution in [0.25, 0.3) is 0 Å². The summed E-state index contributed by atoms with van der Waals surface area (Å²) in [5.74, 6) is -0.522. The lowest BCUT2D eigenvalue weighted by Gasteiger charge is -2.28. The molecule has 1 aromatic carbocycles. The summed E-state index contributed by atoms with van der Waals surface area (Å²) in [6.45, 7) is 2.43. The number of amides is 1. The van der Waals surface area contributed by atoms with E-state index in [-0.39, 0.29) is 18.1 Å². The molecule has 1 amide bonds. The van der Waals surface area contributed by atoms with E-state index in [4.69, 9.17) is 0 Å². The molecular weight excluding hydrogens is 233 g/mol. The number of benzene rings is 1. The van der Waals surface area contributed by atoms with Crippen molar-refractivity contribution in [2.75, 3.05) is 11.4 Å². The summed E-state index contributed by atoms with van der Waals surface area (Å²) in [6.07, 6.45) is 2.53. The summed E-state index contributed by atoms with van der Waals surface area (Å²) in [7, 11) is 0. The summed E-state index contributed by atoms with van der Waals surface area (Å²) in [4.78, 5) is 25.4. The number of carbonyl (C=O) groups is 2. The van der Waals surface area contributed by atoms with Crippen molar-refractivity contribution >= 4 is 17.4 Å². The van der Waals surface area contributed by atoms with E-state index in [2.05, 4.69) is 0 Å². The van der Waals surface area contributed by atoms with Gasteiger partial charge in [0.25, 0.3) is 0 Å². The van der Waals surface area contributed by atoms with Crippen LogP contribution in [0.15, 0.2) is 18.2 Å². The Morgan fingerprint density at radius 1 is 1.44 bits per heavy atom. The Bertz CT molecular complexity index is 485. The van der Waals surface area contributed by atoms with E-state index in [0.717, 1.165) is 12.8 Å². The third-order valence-corrected chi connectivity index (χ3v) is 3.16. The van der Waals surface area contributed by atoms with E-state index in [1.54, 1.807) is 4.90 Å². The highest BCUT2D eigenvalue weighted by Gasteiger charge is 2.27. The van der Waals surface area contributed by atoms with Crippen molar-refractivity contribution < 1.29 is 14.0 Å². The number of rotatable bonds is 3. The molecule has 2 rings (SSSR count). The maximum absolute atomic E-state index is 13.1. The number of fused-ring (bicyclic) bond motifs is 1. The Morgan fingerprint density at radius 3 is 2.94 bits per heavy atom. The van der Waals surface area contributed by atoms with Gasteiger partial charge in [0.1, 0.15) is 5.82 Å². The zero-order valence-electron chi connectivity index (χ0n) is 10.4. The quantitative estimate of drug-likeness (QED) is 0.826. The van der Waals surface area contributed by atoms with Gasteiger partial charge in [0.05, 0.1) is 5.69 Å². The topological polar surface area (TPSA) is 37.4 Å². The predicted molar refractivity (Wildman–Crippen MR) is 67.2 cm³/mol. The maximum atomic E-state index is 13.1. The van der Waals surface area contributed by atoms with Gasteiger partial charge in [0, 0.05) is 24.9 Å². The molecule has 0 atom stereocenters. The van der Waals surface area contributed by atoms with E-state index in [1.807, 2.05) is 6.92 Å². The average Bonchev–Trinajstić information content (AvgIpc) is 2.37. The second kappa shape index (κ2) is 5.29. The molecule has 0 aliphatic carbocycles. The van der Waals surface area contributed by atoms with Gasteiger partial charge in [-0.2, -0.15) is 0 Å². The molecule has 0 fully saturated rings. The molecular formula is C14H16FNO2. The minimum absolute atomic E-state index is 0.0113. The third kappa shape index (κ3) is 2.42. The van der Waals surface area contributed by atoms with Gasteiger partial charge in [0.2, 0.25) is 5.91 Å². The second-order valence-electron chi connectivity index (χ2n) is 4.48. The van der Waals surface area contributed by atoms with Gasteiger partial charge in [-0.15, -0.1) is 0 Å². The number of carbonyl (C=O) groups excluding carboxylic acids is 2. The molecule has 0 saturated carbocycles. The molecule has 0 spiro atoms. The average molecular weight is 249 g/mol. The van der Waals surface area contributed by atoms with Crippen LogP contribution >= 0.6 is 0 Å². The maximum Gasteiger partial charge on any atom is 0.227 e. The first-order chi connectivity index (χ1) is 8.63. The van der Waals surface area contributed by atoms with Gasteiger partial charge >= 0.3 is 0 Å². The van der Waals surface area contributed by atoms with Crippen molar-refractivity contribution in [1.82, 2.24) is 0 Å². The van der Waals surface area contributed by atoms with Gasteiger partial charge in [-0.3, -0.25) is 9.59 Å². The smallest absolute Gasteiger partial charge is 0.227 e. The number of hydrogen-bond acceptors (Lipinski definition) is 2. The van der Waals surface area contributed by atoms with Crippen LogP contribution < -0.4 is 4.90 Å². The van der Waals surface area contributed by atoms with Crippen molar-refractivity contribution in [3.8, 4) is 0 Å². The van der Waals surface area contributed by atoms with Crippen LogP contribution in [0.1, 0.15) is 43.0 Å². The number of halogens is 1. The molecule has 4 heteroatoms. The molecule has 18 heavy (non-hydrogen) atoms. The molecule has 0 unspecified atom stereocenters. The summed E-state index contributed by atoms with van der Waals surface area (Å²) >= 11 is 0. The molecule has 0 aromatic heterocycles. The molecule has 1 aromatic rings. The van der Waals surface area contributed by atoms with Crippen molar-refractivity contribution in [1.29, 1.82) is 0 Å². The minimum Gasteiger partial charge on any atom is -0.311 e. The lowest BCUT2D eigenvalue weighted by atomic mass is 9.99. The fourth-order valence-corrected chi connectivity index (χ4v) is 2.16. The van der Waals surface area contributed by atoms with Crippen LogP contribution in [0.2, 0.25) is 0 Å². The highest BCUT2D eigenvalue weighted by molar-refractivity contribution is 6.08. The van der Waals surface area contributed by atoms with E-state index in [1.165, 1.54) is 18.2 Å². The first-order valence-corrected chi connectivity index (χ1v) is 6.26. The van der Waals surface area contributed by atoms with Gasteiger partial charge < -0.3 is 4.90 Å². The van der Waals surface area contributed by atoms with Crippen LogP contribution in [0.5, 0.6) is 0 Å². The number of hydrogen-bond donors (Lipinski definition) is 0. The van der Waals surface area contributed by atoms with Gasteiger partial charge in [0.15, 0.2) is 5.78 Å². The summed E-state index contributed by atoms with van der Waals surface area (Å²) < 4.78 is 13.1. The first kappa shape index (κ1) is 12.7. The zero-order chi connectivity index (χ0) is 13.1. The highest BCUT2D eigenvalue weighted by atomic mass is 19.1. The normalized spacial score (nSPS) is 14.6. The largest absolute Gasteiger partial charge is 0.311 e. The van der Waals surface area contributed by atoms with Gasteiger partial charge in [-0.25, -0.2) is 4.39 Å². The Hall–Kier alpha value is -1.71. The fraction of sp³-hybridized carbons (Fsp3) is 0.429. The van der Waals surface area contributed by atoms with Gasteiger partial charge in [-0.1, -0.05) is 13.3 Å². The Morgan fingerprint density at radius 2 is 2.22 bits per heavy atom. The number of ketones is 1. The molecule has 0 N–H and O–H groups in total. The van der Waals surface area contributed by atoms with Crippen molar-refractivity contribution in [2.45, 2.75) is 32.6 Å². The van der Waals surface area contributed by atoms with Crippen LogP contribution in [0.3, 0.4) is 0 Å². The number of anilines is 1. The zero-order valence-corrected chi connectivity index (χ0v) is 10.4. The van der Waals surface area contributed by atoms with E-state index in [0.29, 0.717) is 24.2 Å². The molecule has 1 aliphatic heterocycles. The van der Waals surface area contributed by atoms with E-state index < -0.39 is 5.82 Å². The van der Waals surface area contributed by atoms with Crippen LogP contribution in [0.4, 0.5) is 10.1 Å². The Balaban J connectivity index is 2.29. The molecule has 1 heterocycles. The van der Waals surface area contributed by atoms with Crippen molar-refractivity contribution in [3.63, 3.8) is 0 Å². The van der Waals surface area contributed by atoms with Crippen LogP contribution in [0, 0.1) is 5.82 Å². The number of nitrogens with zero attached hydrogens (tertiary/aromatic N) is 1. The second-order valence-corrected chi connectivity index (χ2v) is 4.48. The first-order valence-electron chi connectivity index (χ1n) is 6.26. The molecule has 1 aliphatic rings. The molecule has 0 saturated heterocycles. The lowest BCUT2D eigenvalue weighted by Crippen LogP contribution is -2.37. The molecule has 96 valence electrons. The number of Topliss-reactive ketones (excluding diaryl/α,β-unsaturated/α-hetero) is 1. The predicted octanol–water partition coefficient (Wildman–Crippen LogP) is 2.94. The lowest BCUT2D eigenvalue weighted by molar-refractivity contribution is -0.118. The molecule has 3 nitrogen and oxygen atoms in total. The summed E-state index contributed by atoms with van der Waals surface area (Å²) in [5.41, 5.74) is 0.875. The van der Waals surface area contributed by atoms with Gasteiger partial charge in [-0.05, 0) is 24.6 Å². The Kier molecular flexibility index (Phi) is 3.75. The standard InChI is InChI=1S/C14H16FNO2/c1-2-3-4-14(18)16-8-7-13(17)11-9-10(15)5-6-12(11)16/h5-6,9H,2-4,7-8H2,1H3. The van der Waals surface area contributed by atoms with Crippen molar-refractivity contribution in [2.24, 2.45) is 0 Å². The highest BCUT2D eigenvalue weighted by Crippen LogP contribution is 2.28. The fourth-order valence-electron chi connectivity index (χ4n) is 2.16. The monoisotopic (exact) mass is 249 g/mol. The van der Waals surface area contributed by atoms with Crippen LogP contribution in [-0.2, 0) is 4.79 Å². The number of unbranched alkanes of at least 4 members (excludes halogenated alkanes) is 1. The SMILES string of the molecule is CCCCC(=O)N1CCC(=O)c2cc(F)ccc21. The van der Waals surface area contributed by atoms with Crippen molar-refractivity contribution in [3.05, 3.63) is 29.6 Å². The Labute approximate surface area is 106 Å². The van der Waals surface area contributed by atoms with Crippen LogP contribution in [-0.4, -0.2) is 18.2 Å². The third-order valence-electron chi connectivity index (χ3n) is 3.16. The molecule has 0 bridgehead atoms.